The molecule has 0 saturated carbocycles. The number of aromatic nitrogens is 3. The maximum absolute atomic E-state index is 12.6. The van der Waals surface area contributed by atoms with Gasteiger partial charge in [-0.25, -0.2) is 4.68 Å². The Hall–Kier alpha value is -2.99. The highest BCUT2D eigenvalue weighted by atomic mass is 79.9. The third kappa shape index (κ3) is 3.97. The number of carbonyl (C=O) groups excluding carboxylic acids is 1. The topological polar surface area (TPSA) is 59.8 Å². The predicted molar refractivity (Wildman–Crippen MR) is 113 cm³/mol. The minimum Gasteiger partial charge on any atom is -0.346 e. The van der Waals surface area contributed by atoms with Crippen LogP contribution in [0.5, 0.6) is 0 Å². The Balaban J connectivity index is 1.44. The number of hydrogen-bond acceptors (Lipinski definition) is 3. The second kappa shape index (κ2) is 7.94. The Morgan fingerprint density at radius 2 is 1.86 bits per heavy atom. The smallest absolute Gasteiger partial charge is 0.251 e. The molecule has 0 aliphatic rings. The van der Waals surface area contributed by atoms with E-state index < -0.39 is 0 Å². The van der Waals surface area contributed by atoms with Crippen molar-refractivity contribution in [2.24, 2.45) is 0 Å². The lowest BCUT2D eigenvalue weighted by Crippen LogP contribution is -2.26. The SMILES string of the molecule is CC(NC(=O)c1ccc(Cn2nnc3ccccc32)cc1)c1cccc(Br)c1. The van der Waals surface area contributed by atoms with E-state index in [1.807, 2.05) is 84.4 Å². The van der Waals surface area contributed by atoms with E-state index >= 15 is 0 Å². The zero-order valence-corrected chi connectivity index (χ0v) is 16.9. The standard InChI is InChI=1S/C22H19BrN4O/c1-15(18-5-4-6-19(23)13-18)24-22(28)17-11-9-16(10-12-17)14-27-21-8-3-2-7-20(21)25-26-27/h2-13,15H,14H2,1H3,(H,24,28). The second-order valence-corrected chi connectivity index (χ2v) is 7.60. The lowest BCUT2D eigenvalue weighted by Gasteiger charge is -2.15. The number of fused-ring (bicyclic) bond motifs is 1. The van der Waals surface area contributed by atoms with Crippen molar-refractivity contribution in [2.45, 2.75) is 19.5 Å². The molecule has 140 valence electrons. The van der Waals surface area contributed by atoms with E-state index in [-0.39, 0.29) is 11.9 Å². The van der Waals surface area contributed by atoms with Gasteiger partial charge in [-0.15, -0.1) is 5.10 Å². The Kier molecular flexibility index (Phi) is 5.21. The first-order valence-electron chi connectivity index (χ1n) is 9.03. The molecule has 0 aliphatic carbocycles. The van der Waals surface area contributed by atoms with Crippen molar-refractivity contribution >= 4 is 32.9 Å². The normalized spacial score (nSPS) is 12.1. The van der Waals surface area contributed by atoms with Crippen LogP contribution in [-0.4, -0.2) is 20.9 Å². The lowest BCUT2D eigenvalue weighted by molar-refractivity contribution is 0.0940. The van der Waals surface area contributed by atoms with Gasteiger partial charge >= 0.3 is 0 Å². The van der Waals surface area contributed by atoms with Gasteiger partial charge in [0, 0.05) is 10.0 Å². The summed E-state index contributed by atoms with van der Waals surface area (Å²) in [7, 11) is 0. The molecule has 1 unspecified atom stereocenters. The summed E-state index contributed by atoms with van der Waals surface area (Å²) in [6, 6.07) is 23.3. The van der Waals surface area contributed by atoms with E-state index in [1.54, 1.807) is 0 Å². The molecule has 0 fully saturated rings. The Morgan fingerprint density at radius 3 is 2.64 bits per heavy atom. The van der Waals surface area contributed by atoms with Crippen molar-refractivity contribution in [3.05, 3.63) is 94.0 Å². The number of nitrogens with zero attached hydrogens (tertiary/aromatic N) is 3. The highest BCUT2D eigenvalue weighted by Gasteiger charge is 2.12. The fraction of sp³-hybridized carbons (Fsp3) is 0.136. The highest BCUT2D eigenvalue weighted by Crippen LogP contribution is 2.18. The number of benzene rings is 3. The number of para-hydroxylation sites is 1. The van der Waals surface area contributed by atoms with Crippen LogP contribution in [0, 0.1) is 0 Å². The Morgan fingerprint density at radius 1 is 1.07 bits per heavy atom. The number of hydrogen-bond donors (Lipinski definition) is 1. The summed E-state index contributed by atoms with van der Waals surface area (Å²) in [5.74, 6) is -0.0924. The quantitative estimate of drug-likeness (QED) is 0.493. The van der Waals surface area contributed by atoms with Gasteiger partial charge in [0.15, 0.2) is 0 Å². The van der Waals surface area contributed by atoms with Gasteiger partial charge in [0.25, 0.3) is 5.91 Å². The van der Waals surface area contributed by atoms with Crippen molar-refractivity contribution in [2.75, 3.05) is 0 Å². The Labute approximate surface area is 171 Å². The molecule has 1 aromatic heterocycles. The van der Waals surface area contributed by atoms with E-state index in [1.165, 1.54) is 0 Å². The molecule has 6 heteroatoms. The van der Waals surface area contributed by atoms with Gasteiger partial charge < -0.3 is 5.32 Å². The number of halogens is 1. The lowest BCUT2D eigenvalue weighted by atomic mass is 10.1. The minimum absolute atomic E-state index is 0.0776. The molecule has 5 nitrogen and oxygen atoms in total. The average Bonchev–Trinajstić information content (AvgIpc) is 3.11. The number of carbonyl (C=O) groups is 1. The molecular weight excluding hydrogens is 416 g/mol. The van der Waals surface area contributed by atoms with Crippen molar-refractivity contribution in [1.82, 2.24) is 20.3 Å². The van der Waals surface area contributed by atoms with Gasteiger partial charge in [0.05, 0.1) is 18.1 Å². The largest absolute Gasteiger partial charge is 0.346 e. The van der Waals surface area contributed by atoms with Gasteiger partial charge in [-0.3, -0.25) is 4.79 Å². The number of rotatable bonds is 5. The monoisotopic (exact) mass is 434 g/mol. The first-order valence-corrected chi connectivity index (χ1v) is 9.83. The van der Waals surface area contributed by atoms with Gasteiger partial charge in [-0.05, 0) is 54.4 Å². The molecule has 4 aromatic rings. The highest BCUT2D eigenvalue weighted by molar-refractivity contribution is 9.10. The first-order chi connectivity index (χ1) is 13.6. The van der Waals surface area contributed by atoms with Crippen molar-refractivity contribution in [3.8, 4) is 0 Å². The molecule has 3 aromatic carbocycles. The molecule has 0 bridgehead atoms. The summed E-state index contributed by atoms with van der Waals surface area (Å²) < 4.78 is 2.86. The van der Waals surface area contributed by atoms with Crippen molar-refractivity contribution in [3.63, 3.8) is 0 Å². The summed E-state index contributed by atoms with van der Waals surface area (Å²) >= 11 is 3.46. The van der Waals surface area contributed by atoms with Crippen LogP contribution in [0.15, 0.2) is 77.3 Å². The summed E-state index contributed by atoms with van der Waals surface area (Å²) in [5.41, 5.74) is 4.62. The fourth-order valence-corrected chi connectivity index (χ4v) is 3.52. The van der Waals surface area contributed by atoms with Crippen LogP contribution >= 0.6 is 15.9 Å². The average molecular weight is 435 g/mol. The van der Waals surface area contributed by atoms with E-state index in [0.29, 0.717) is 12.1 Å². The maximum Gasteiger partial charge on any atom is 0.251 e. The van der Waals surface area contributed by atoms with E-state index in [4.69, 9.17) is 0 Å². The van der Waals surface area contributed by atoms with E-state index in [2.05, 4.69) is 31.6 Å². The van der Waals surface area contributed by atoms with Gasteiger partial charge in [-0.2, -0.15) is 0 Å². The molecule has 4 rings (SSSR count). The molecule has 0 saturated heterocycles. The third-order valence-corrected chi connectivity index (χ3v) is 5.16. The molecule has 1 heterocycles. The molecule has 0 spiro atoms. The van der Waals surface area contributed by atoms with Crippen LogP contribution in [0.2, 0.25) is 0 Å². The molecule has 28 heavy (non-hydrogen) atoms. The minimum atomic E-state index is -0.0924. The van der Waals surface area contributed by atoms with Crippen LogP contribution < -0.4 is 5.32 Å². The molecule has 1 amide bonds. The van der Waals surface area contributed by atoms with Crippen LogP contribution in [0.1, 0.15) is 34.5 Å². The Bertz CT molecular complexity index is 1120. The van der Waals surface area contributed by atoms with Gasteiger partial charge in [0.1, 0.15) is 5.52 Å². The van der Waals surface area contributed by atoms with Crippen molar-refractivity contribution < 1.29 is 4.79 Å². The van der Waals surface area contributed by atoms with Crippen LogP contribution in [-0.2, 0) is 6.54 Å². The van der Waals surface area contributed by atoms with Crippen molar-refractivity contribution in [1.29, 1.82) is 0 Å². The zero-order chi connectivity index (χ0) is 19.5. The predicted octanol–water partition coefficient (Wildman–Crippen LogP) is 4.73. The maximum atomic E-state index is 12.6. The van der Waals surface area contributed by atoms with E-state index in [0.717, 1.165) is 26.6 Å². The fourth-order valence-electron chi connectivity index (χ4n) is 3.11. The molecule has 1 N–H and O–H groups in total. The van der Waals surface area contributed by atoms with Crippen LogP contribution in [0.25, 0.3) is 11.0 Å². The number of amides is 1. The summed E-state index contributed by atoms with van der Waals surface area (Å²) in [4.78, 5) is 12.6. The molecular formula is C22H19BrN4O. The van der Waals surface area contributed by atoms with Crippen LogP contribution in [0.4, 0.5) is 0 Å². The summed E-state index contributed by atoms with van der Waals surface area (Å²) in [6.45, 7) is 2.58. The molecule has 1 atom stereocenters. The zero-order valence-electron chi connectivity index (χ0n) is 15.3. The van der Waals surface area contributed by atoms with E-state index in [9.17, 15) is 4.79 Å². The molecule has 0 radical (unpaired) electrons. The van der Waals surface area contributed by atoms with Gasteiger partial charge in [-0.1, -0.05) is 57.5 Å². The van der Waals surface area contributed by atoms with Gasteiger partial charge in [0.2, 0.25) is 0 Å². The third-order valence-electron chi connectivity index (χ3n) is 4.66. The number of nitrogens with one attached hydrogen (secondary N) is 1. The first kappa shape index (κ1) is 18.4. The molecule has 0 aliphatic heterocycles. The van der Waals surface area contributed by atoms with Crippen LogP contribution in [0.3, 0.4) is 0 Å². The summed E-state index contributed by atoms with van der Waals surface area (Å²) in [6.07, 6.45) is 0. The summed E-state index contributed by atoms with van der Waals surface area (Å²) in [5, 5.41) is 11.4. The second-order valence-electron chi connectivity index (χ2n) is 6.68.